The van der Waals surface area contributed by atoms with Gasteiger partial charge in [0.15, 0.2) is 5.82 Å². The van der Waals surface area contributed by atoms with Crippen molar-refractivity contribution in [2.24, 2.45) is 0 Å². The molecule has 106 valence electrons. The van der Waals surface area contributed by atoms with E-state index in [1.165, 1.54) is 32.2 Å². The number of hydrogen-bond acceptors (Lipinski definition) is 3. The molecule has 4 nitrogen and oxygen atoms in total. The predicted octanol–water partition coefficient (Wildman–Crippen LogP) is 3.20. The van der Waals surface area contributed by atoms with Crippen LogP contribution >= 0.6 is 0 Å². The van der Waals surface area contributed by atoms with Gasteiger partial charge < -0.3 is 0 Å². The first-order valence-electron chi connectivity index (χ1n) is 7.59. The molecule has 4 heteroatoms. The molecule has 0 saturated carbocycles. The first-order chi connectivity index (χ1) is 9.90. The van der Waals surface area contributed by atoms with Crippen LogP contribution in [0, 0.1) is 0 Å². The lowest BCUT2D eigenvalue weighted by atomic mass is 10.0. The fourth-order valence-corrected chi connectivity index (χ4v) is 3.10. The number of benzene rings is 1. The number of likely N-dealkylation sites (tertiary alicyclic amines) is 1. The molecule has 2 aromatic rings. The highest BCUT2D eigenvalue weighted by molar-refractivity contribution is 5.32. The Morgan fingerprint density at radius 2 is 2.05 bits per heavy atom. The molecule has 1 atom stereocenters. The van der Waals surface area contributed by atoms with Crippen LogP contribution < -0.4 is 0 Å². The third-order valence-electron chi connectivity index (χ3n) is 4.03. The fraction of sp³-hybridized carbons (Fsp3) is 0.500. The number of hydrogen-bond donors (Lipinski definition) is 0. The molecule has 1 aliphatic rings. The summed E-state index contributed by atoms with van der Waals surface area (Å²) in [6, 6.07) is 10.8. The molecule has 0 bridgehead atoms. The molecule has 3 rings (SSSR count). The number of nitrogens with zero attached hydrogens (tertiary/aromatic N) is 4. The van der Waals surface area contributed by atoms with Crippen molar-refractivity contribution in [2.75, 3.05) is 13.1 Å². The van der Waals surface area contributed by atoms with E-state index in [1.807, 2.05) is 12.4 Å². The first-order valence-corrected chi connectivity index (χ1v) is 7.59. The van der Waals surface area contributed by atoms with Crippen LogP contribution in [-0.4, -0.2) is 32.8 Å². The largest absolute Gasteiger partial charge is 0.293 e. The van der Waals surface area contributed by atoms with E-state index in [0.29, 0.717) is 6.04 Å². The zero-order valence-corrected chi connectivity index (χ0v) is 12.1. The van der Waals surface area contributed by atoms with Crippen molar-refractivity contribution in [3.8, 4) is 5.69 Å². The number of para-hydroxylation sites is 1. The standard InChI is InChI=1S/C16H22N4/c1-2-11-19-12-7-6-10-15(19)16-18-17-13-20(16)14-8-4-3-5-9-14/h3-5,8-9,13,15H,2,6-7,10-12H2,1H3/t15-/m1/s1. The third kappa shape index (κ3) is 2.61. The quantitative estimate of drug-likeness (QED) is 0.855. The molecule has 0 radical (unpaired) electrons. The zero-order chi connectivity index (χ0) is 13.8. The summed E-state index contributed by atoms with van der Waals surface area (Å²) in [6.45, 7) is 4.57. The average molecular weight is 270 g/mol. The summed E-state index contributed by atoms with van der Waals surface area (Å²) in [7, 11) is 0. The van der Waals surface area contributed by atoms with Crippen molar-refractivity contribution in [3.05, 3.63) is 42.5 Å². The lowest BCUT2D eigenvalue weighted by Gasteiger charge is -2.34. The lowest BCUT2D eigenvalue weighted by molar-refractivity contribution is 0.141. The summed E-state index contributed by atoms with van der Waals surface area (Å²) in [5.41, 5.74) is 1.15. The molecule has 0 spiro atoms. The molecular formula is C16H22N4. The minimum absolute atomic E-state index is 0.409. The van der Waals surface area contributed by atoms with Crippen LogP contribution in [-0.2, 0) is 0 Å². The van der Waals surface area contributed by atoms with Gasteiger partial charge in [-0.05, 0) is 44.5 Å². The van der Waals surface area contributed by atoms with Crippen LogP contribution in [0.2, 0.25) is 0 Å². The van der Waals surface area contributed by atoms with Gasteiger partial charge in [-0.3, -0.25) is 9.47 Å². The van der Waals surface area contributed by atoms with Crippen molar-refractivity contribution in [3.63, 3.8) is 0 Å². The molecule has 1 aromatic heterocycles. The van der Waals surface area contributed by atoms with Gasteiger partial charge in [0.05, 0.1) is 6.04 Å². The average Bonchev–Trinajstić information content (AvgIpc) is 2.98. The highest BCUT2D eigenvalue weighted by Crippen LogP contribution is 2.30. The molecular weight excluding hydrogens is 248 g/mol. The summed E-state index contributed by atoms with van der Waals surface area (Å²) in [4.78, 5) is 2.56. The Morgan fingerprint density at radius 1 is 1.20 bits per heavy atom. The van der Waals surface area contributed by atoms with Gasteiger partial charge in [-0.1, -0.05) is 31.5 Å². The Morgan fingerprint density at radius 3 is 2.85 bits per heavy atom. The minimum atomic E-state index is 0.409. The Labute approximate surface area is 120 Å². The van der Waals surface area contributed by atoms with Gasteiger partial charge in [0.1, 0.15) is 6.33 Å². The van der Waals surface area contributed by atoms with Gasteiger partial charge in [0.25, 0.3) is 0 Å². The molecule has 20 heavy (non-hydrogen) atoms. The monoisotopic (exact) mass is 270 g/mol. The van der Waals surface area contributed by atoms with Crippen LogP contribution in [0.15, 0.2) is 36.7 Å². The van der Waals surface area contributed by atoms with E-state index in [1.54, 1.807) is 0 Å². The second kappa shape index (κ2) is 6.18. The van der Waals surface area contributed by atoms with E-state index in [-0.39, 0.29) is 0 Å². The summed E-state index contributed by atoms with van der Waals surface area (Å²) in [5, 5.41) is 8.57. The van der Waals surface area contributed by atoms with Gasteiger partial charge in [-0.25, -0.2) is 0 Å². The van der Waals surface area contributed by atoms with Crippen LogP contribution in [0.4, 0.5) is 0 Å². The maximum absolute atomic E-state index is 4.42. The second-order valence-corrected chi connectivity index (χ2v) is 5.44. The maximum Gasteiger partial charge on any atom is 0.154 e. The van der Waals surface area contributed by atoms with Crippen LogP contribution in [0.5, 0.6) is 0 Å². The van der Waals surface area contributed by atoms with E-state index in [0.717, 1.165) is 18.1 Å². The second-order valence-electron chi connectivity index (χ2n) is 5.44. The predicted molar refractivity (Wildman–Crippen MR) is 79.8 cm³/mol. The van der Waals surface area contributed by atoms with Gasteiger partial charge in [0, 0.05) is 5.69 Å². The summed E-state index contributed by atoms with van der Waals surface area (Å²) < 4.78 is 2.14. The number of aromatic nitrogens is 3. The topological polar surface area (TPSA) is 34.0 Å². The molecule has 0 amide bonds. The summed E-state index contributed by atoms with van der Waals surface area (Å²) in [6.07, 6.45) is 6.80. The van der Waals surface area contributed by atoms with Gasteiger partial charge in [0.2, 0.25) is 0 Å². The maximum atomic E-state index is 4.42. The SMILES string of the molecule is CCCN1CCCC[C@@H]1c1nncn1-c1ccccc1. The Bertz CT molecular complexity index is 532. The molecule has 0 aliphatic carbocycles. The Kier molecular flexibility index (Phi) is 4.11. The van der Waals surface area contributed by atoms with Crippen molar-refractivity contribution in [2.45, 2.75) is 38.6 Å². The van der Waals surface area contributed by atoms with Gasteiger partial charge >= 0.3 is 0 Å². The molecule has 1 saturated heterocycles. The Balaban J connectivity index is 1.92. The van der Waals surface area contributed by atoms with Crippen molar-refractivity contribution in [1.82, 2.24) is 19.7 Å². The van der Waals surface area contributed by atoms with Crippen molar-refractivity contribution >= 4 is 0 Å². The third-order valence-corrected chi connectivity index (χ3v) is 4.03. The summed E-state index contributed by atoms with van der Waals surface area (Å²) >= 11 is 0. The number of piperidine rings is 1. The molecule has 1 fully saturated rings. The molecule has 1 aromatic carbocycles. The molecule has 1 aliphatic heterocycles. The zero-order valence-electron chi connectivity index (χ0n) is 12.1. The molecule has 0 N–H and O–H groups in total. The van der Waals surface area contributed by atoms with E-state index in [2.05, 4.69) is 50.9 Å². The molecule has 0 unspecified atom stereocenters. The van der Waals surface area contributed by atoms with Crippen molar-refractivity contribution < 1.29 is 0 Å². The highest BCUT2D eigenvalue weighted by atomic mass is 15.3. The van der Waals surface area contributed by atoms with E-state index in [4.69, 9.17) is 0 Å². The molecule has 2 heterocycles. The van der Waals surface area contributed by atoms with Crippen LogP contribution in [0.25, 0.3) is 5.69 Å². The highest BCUT2D eigenvalue weighted by Gasteiger charge is 2.27. The van der Waals surface area contributed by atoms with Crippen LogP contribution in [0.3, 0.4) is 0 Å². The van der Waals surface area contributed by atoms with Gasteiger partial charge in [-0.15, -0.1) is 10.2 Å². The smallest absolute Gasteiger partial charge is 0.154 e. The Hall–Kier alpha value is -1.68. The van der Waals surface area contributed by atoms with E-state index >= 15 is 0 Å². The van der Waals surface area contributed by atoms with E-state index < -0.39 is 0 Å². The van der Waals surface area contributed by atoms with Crippen LogP contribution in [0.1, 0.15) is 44.5 Å². The normalized spacial score (nSPS) is 20.1. The summed E-state index contributed by atoms with van der Waals surface area (Å²) in [5.74, 6) is 1.09. The fourth-order valence-electron chi connectivity index (χ4n) is 3.10. The van der Waals surface area contributed by atoms with E-state index in [9.17, 15) is 0 Å². The lowest BCUT2D eigenvalue weighted by Crippen LogP contribution is -2.35. The minimum Gasteiger partial charge on any atom is -0.293 e. The first kappa shape index (κ1) is 13.3. The van der Waals surface area contributed by atoms with Crippen molar-refractivity contribution in [1.29, 1.82) is 0 Å². The van der Waals surface area contributed by atoms with Gasteiger partial charge in [-0.2, -0.15) is 0 Å². The number of rotatable bonds is 4.